The lowest BCUT2D eigenvalue weighted by molar-refractivity contribution is -0.387. The summed E-state index contributed by atoms with van der Waals surface area (Å²) in [6, 6.07) is 7.82. The van der Waals surface area contributed by atoms with Gasteiger partial charge in [0.25, 0.3) is 5.69 Å². The number of thioether (sulfide) groups is 1. The molecule has 2 aromatic rings. The first-order valence-corrected chi connectivity index (χ1v) is 8.84. The van der Waals surface area contributed by atoms with E-state index in [1.54, 1.807) is 31.6 Å². The van der Waals surface area contributed by atoms with E-state index in [1.165, 1.54) is 31.0 Å². The van der Waals surface area contributed by atoms with E-state index in [0.29, 0.717) is 16.4 Å². The van der Waals surface area contributed by atoms with Crippen LogP contribution in [0.2, 0.25) is 0 Å². The van der Waals surface area contributed by atoms with Crippen molar-refractivity contribution in [3.63, 3.8) is 0 Å². The van der Waals surface area contributed by atoms with Crippen molar-refractivity contribution < 1.29 is 23.9 Å². The third kappa shape index (κ3) is 4.26. The molecule has 0 radical (unpaired) electrons. The molecule has 0 spiro atoms. The van der Waals surface area contributed by atoms with E-state index in [-0.39, 0.29) is 17.9 Å². The van der Waals surface area contributed by atoms with E-state index in [0.717, 1.165) is 11.1 Å². The zero-order chi connectivity index (χ0) is 19.3. The van der Waals surface area contributed by atoms with Crippen LogP contribution in [0, 0.1) is 17.0 Å². The molecule has 0 aliphatic carbocycles. The van der Waals surface area contributed by atoms with Gasteiger partial charge in [0.15, 0.2) is 11.5 Å². The predicted molar refractivity (Wildman–Crippen MR) is 98.3 cm³/mol. The third-order valence-electron chi connectivity index (χ3n) is 3.81. The highest BCUT2D eigenvalue weighted by Gasteiger charge is 2.18. The molecule has 0 aliphatic rings. The first kappa shape index (κ1) is 19.6. The number of hydrogen-bond acceptors (Lipinski definition) is 7. The molecule has 0 aromatic heterocycles. The summed E-state index contributed by atoms with van der Waals surface area (Å²) in [6.45, 7) is 1.88. The molecule has 0 saturated heterocycles. The standard InChI is InChI=1S/C18H19NO6S/c1-11-7-15(23-2)16(24-3)9-13(11)10-25-18(20)12-5-6-17(26-4)14(8-12)19(21)22/h5-9H,10H2,1-4H3. The van der Waals surface area contributed by atoms with Crippen LogP contribution in [0.15, 0.2) is 35.2 Å². The highest BCUT2D eigenvalue weighted by atomic mass is 32.2. The quantitative estimate of drug-likeness (QED) is 0.312. The maximum Gasteiger partial charge on any atom is 0.338 e. The molecule has 0 bridgehead atoms. The third-order valence-corrected chi connectivity index (χ3v) is 4.60. The topological polar surface area (TPSA) is 87.9 Å². The van der Waals surface area contributed by atoms with Crippen LogP contribution in [0.25, 0.3) is 0 Å². The van der Waals surface area contributed by atoms with E-state index in [4.69, 9.17) is 14.2 Å². The number of benzene rings is 2. The Balaban J connectivity index is 2.19. The van der Waals surface area contributed by atoms with Gasteiger partial charge in [-0.15, -0.1) is 11.8 Å². The van der Waals surface area contributed by atoms with Gasteiger partial charge in [-0.1, -0.05) is 0 Å². The Hall–Kier alpha value is -2.74. The molecule has 0 heterocycles. The smallest absolute Gasteiger partial charge is 0.338 e. The minimum atomic E-state index is -0.630. The summed E-state index contributed by atoms with van der Waals surface area (Å²) in [5.74, 6) is 0.488. The summed E-state index contributed by atoms with van der Waals surface area (Å²) < 4.78 is 15.8. The second-order valence-corrected chi connectivity index (χ2v) is 6.20. The average Bonchev–Trinajstić information content (AvgIpc) is 2.65. The Kier molecular flexibility index (Phi) is 6.46. The van der Waals surface area contributed by atoms with Gasteiger partial charge in [0.1, 0.15) is 6.61 Å². The van der Waals surface area contributed by atoms with E-state index in [1.807, 2.05) is 6.92 Å². The van der Waals surface area contributed by atoms with Crippen LogP contribution in [0.4, 0.5) is 5.69 Å². The normalized spacial score (nSPS) is 10.3. The fraction of sp³-hybridized carbons (Fsp3) is 0.278. The lowest BCUT2D eigenvalue weighted by atomic mass is 10.1. The molecule has 26 heavy (non-hydrogen) atoms. The lowest BCUT2D eigenvalue weighted by Gasteiger charge is -2.13. The first-order valence-electron chi connectivity index (χ1n) is 7.62. The van der Waals surface area contributed by atoms with Crippen LogP contribution in [0.1, 0.15) is 21.5 Å². The number of hydrogen-bond donors (Lipinski definition) is 0. The fourth-order valence-electron chi connectivity index (χ4n) is 2.36. The lowest BCUT2D eigenvalue weighted by Crippen LogP contribution is -2.07. The monoisotopic (exact) mass is 377 g/mol. The van der Waals surface area contributed by atoms with Crippen LogP contribution in [-0.2, 0) is 11.3 Å². The van der Waals surface area contributed by atoms with Crippen LogP contribution < -0.4 is 9.47 Å². The number of nitrogens with zero attached hydrogens (tertiary/aromatic N) is 1. The minimum Gasteiger partial charge on any atom is -0.493 e. The van der Waals surface area contributed by atoms with Gasteiger partial charge in [-0.25, -0.2) is 4.79 Å². The summed E-state index contributed by atoms with van der Waals surface area (Å²) in [7, 11) is 3.07. The van der Waals surface area contributed by atoms with Crippen molar-refractivity contribution in [1.29, 1.82) is 0 Å². The second-order valence-electron chi connectivity index (χ2n) is 5.35. The summed E-state index contributed by atoms with van der Waals surface area (Å²) in [6.07, 6.45) is 1.74. The molecule has 0 atom stereocenters. The second kappa shape index (κ2) is 8.57. The summed E-state index contributed by atoms with van der Waals surface area (Å²) in [5, 5.41) is 11.1. The molecule has 0 fully saturated rings. The molecule has 8 heteroatoms. The molecule has 0 amide bonds. The average molecular weight is 377 g/mol. The van der Waals surface area contributed by atoms with Crippen molar-refractivity contribution >= 4 is 23.4 Å². The SMILES string of the molecule is COc1cc(C)c(COC(=O)c2ccc(SC)c([N+](=O)[O-])c2)cc1OC. The van der Waals surface area contributed by atoms with E-state index in [9.17, 15) is 14.9 Å². The molecule has 138 valence electrons. The summed E-state index contributed by atoms with van der Waals surface area (Å²) in [5.41, 5.74) is 1.65. The molecular formula is C18H19NO6S. The van der Waals surface area contributed by atoms with Crippen LogP contribution in [-0.4, -0.2) is 31.4 Å². The maximum atomic E-state index is 12.3. The molecule has 0 unspecified atom stereocenters. The Bertz CT molecular complexity index is 837. The van der Waals surface area contributed by atoms with Crippen LogP contribution >= 0.6 is 11.8 Å². The number of aryl methyl sites for hydroxylation is 1. The van der Waals surface area contributed by atoms with Crippen molar-refractivity contribution in [3.8, 4) is 11.5 Å². The number of nitro groups is 1. The highest BCUT2D eigenvalue weighted by molar-refractivity contribution is 7.98. The molecular weight excluding hydrogens is 358 g/mol. The van der Waals surface area contributed by atoms with Crippen molar-refractivity contribution in [2.75, 3.05) is 20.5 Å². The summed E-state index contributed by atoms with van der Waals surface area (Å²) in [4.78, 5) is 23.4. The van der Waals surface area contributed by atoms with Gasteiger partial charge >= 0.3 is 5.97 Å². The van der Waals surface area contributed by atoms with E-state index >= 15 is 0 Å². The maximum absolute atomic E-state index is 12.3. The Morgan fingerprint density at radius 2 is 1.81 bits per heavy atom. The number of esters is 1. The Morgan fingerprint density at radius 3 is 2.38 bits per heavy atom. The van der Waals surface area contributed by atoms with E-state index < -0.39 is 10.9 Å². The Morgan fingerprint density at radius 1 is 1.15 bits per heavy atom. The van der Waals surface area contributed by atoms with Gasteiger partial charge in [-0.05, 0) is 48.6 Å². The number of nitro benzene ring substituents is 1. The molecule has 0 N–H and O–H groups in total. The Labute approximate surface area is 155 Å². The minimum absolute atomic E-state index is 0.0170. The molecule has 0 saturated carbocycles. The number of carbonyl (C=O) groups is 1. The van der Waals surface area contributed by atoms with Gasteiger partial charge < -0.3 is 14.2 Å². The summed E-state index contributed by atoms with van der Waals surface area (Å²) >= 11 is 1.24. The van der Waals surface area contributed by atoms with Crippen LogP contribution in [0.3, 0.4) is 0 Å². The largest absolute Gasteiger partial charge is 0.493 e. The zero-order valence-corrected chi connectivity index (χ0v) is 15.7. The molecule has 7 nitrogen and oxygen atoms in total. The predicted octanol–water partition coefficient (Wildman–Crippen LogP) is 4.00. The number of ether oxygens (including phenoxy) is 3. The van der Waals surface area contributed by atoms with Gasteiger partial charge in [0.2, 0.25) is 0 Å². The van der Waals surface area contributed by atoms with E-state index in [2.05, 4.69) is 0 Å². The molecule has 2 aromatic carbocycles. The molecule has 0 aliphatic heterocycles. The van der Waals surface area contributed by atoms with Gasteiger partial charge in [-0.3, -0.25) is 10.1 Å². The first-order chi connectivity index (χ1) is 12.4. The fourth-order valence-corrected chi connectivity index (χ4v) is 2.91. The van der Waals surface area contributed by atoms with Crippen molar-refractivity contribution in [2.45, 2.75) is 18.4 Å². The van der Waals surface area contributed by atoms with Gasteiger partial charge in [0.05, 0.1) is 29.6 Å². The number of methoxy groups -OCH3 is 2. The number of carbonyl (C=O) groups excluding carboxylic acids is 1. The highest BCUT2D eigenvalue weighted by Crippen LogP contribution is 2.31. The zero-order valence-electron chi connectivity index (χ0n) is 14.9. The van der Waals surface area contributed by atoms with Crippen LogP contribution in [0.5, 0.6) is 11.5 Å². The van der Waals surface area contributed by atoms with Crippen molar-refractivity contribution in [1.82, 2.24) is 0 Å². The van der Waals surface area contributed by atoms with Gasteiger partial charge in [0, 0.05) is 6.07 Å². The van der Waals surface area contributed by atoms with Gasteiger partial charge in [-0.2, -0.15) is 0 Å². The number of rotatable bonds is 7. The molecule has 2 rings (SSSR count). The van der Waals surface area contributed by atoms with Crippen molar-refractivity contribution in [3.05, 3.63) is 57.1 Å². The van der Waals surface area contributed by atoms with Crippen molar-refractivity contribution in [2.24, 2.45) is 0 Å².